The van der Waals surface area contributed by atoms with Crippen LogP contribution in [0.3, 0.4) is 0 Å². The Kier molecular flexibility index (Phi) is 8.47. The van der Waals surface area contributed by atoms with Gasteiger partial charge in [-0.15, -0.1) is 11.3 Å². The van der Waals surface area contributed by atoms with Crippen LogP contribution < -0.4 is 0 Å². The molecular formula is C16H27Cl2NS. The summed E-state index contributed by atoms with van der Waals surface area (Å²) in [6, 6.07) is 0. The van der Waals surface area contributed by atoms with Gasteiger partial charge in [0.15, 0.2) is 5.15 Å². The van der Waals surface area contributed by atoms with Crippen molar-refractivity contribution in [2.24, 2.45) is 0 Å². The molecular weight excluding hydrogens is 309 g/mol. The van der Waals surface area contributed by atoms with Crippen LogP contribution in [0, 0.1) is 0 Å². The number of hydrogen-bond donors (Lipinski definition) is 0. The fraction of sp³-hybridized carbons (Fsp3) is 0.812. The lowest BCUT2D eigenvalue weighted by Gasteiger charge is -2.27. The number of nitrogens with zero attached hydrogens (tertiary/aromatic N) is 1. The molecule has 0 bridgehead atoms. The molecule has 0 aliphatic carbocycles. The van der Waals surface area contributed by atoms with Gasteiger partial charge < -0.3 is 0 Å². The van der Waals surface area contributed by atoms with Gasteiger partial charge in [-0.1, -0.05) is 88.9 Å². The Labute approximate surface area is 138 Å². The van der Waals surface area contributed by atoms with Gasteiger partial charge in [0.2, 0.25) is 0 Å². The Morgan fingerprint density at radius 2 is 1.50 bits per heavy atom. The molecule has 1 rings (SSSR count). The minimum absolute atomic E-state index is 0.143. The Hall–Kier alpha value is 0.210. The van der Waals surface area contributed by atoms with E-state index in [1.54, 1.807) is 11.3 Å². The summed E-state index contributed by atoms with van der Waals surface area (Å²) in [5, 5.41) is 1.60. The Balaban J connectivity index is 2.71. The van der Waals surface area contributed by atoms with E-state index >= 15 is 0 Å². The van der Waals surface area contributed by atoms with Gasteiger partial charge in [-0.25, -0.2) is 4.98 Å². The zero-order valence-corrected chi connectivity index (χ0v) is 15.3. The van der Waals surface area contributed by atoms with Crippen LogP contribution in [0.1, 0.15) is 83.6 Å². The highest BCUT2D eigenvalue weighted by Crippen LogP contribution is 2.41. The van der Waals surface area contributed by atoms with Gasteiger partial charge in [0.1, 0.15) is 9.34 Å². The van der Waals surface area contributed by atoms with Crippen molar-refractivity contribution >= 4 is 34.5 Å². The molecule has 0 saturated carbocycles. The highest BCUT2D eigenvalue weighted by molar-refractivity contribution is 7.16. The van der Waals surface area contributed by atoms with Crippen molar-refractivity contribution in [1.29, 1.82) is 0 Å². The monoisotopic (exact) mass is 335 g/mol. The largest absolute Gasteiger partial charge is 0.227 e. The third-order valence-electron chi connectivity index (χ3n) is 3.98. The summed E-state index contributed by atoms with van der Waals surface area (Å²) in [5.41, 5.74) is 0.143. The summed E-state index contributed by atoms with van der Waals surface area (Å²) in [4.78, 5) is 4.51. The van der Waals surface area contributed by atoms with E-state index in [1.807, 2.05) is 0 Å². The summed E-state index contributed by atoms with van der Waals surface area (Å²) in [6.07, 6.45) is 11.4. The minimum Gasteiger partial charge on any atom is -0.227 e. The van der Waals surface area contributed by atoms with Crippen molar-refractivity contribution in [2.75, 3.05) is 0 Å². The summed E-state index contributed by atoms with van der Waals surface area (Å²) in [5.74, 6) is 0. The maximum Gasteiger partial charge on any atom is 0.159 e. The molecule has 0 aromatic carbocycles. The van der Waals surface area contributed by atoms with Crippen LogP contribution in [0.4, 0.5) is 0 Å². The SMILES string of the molecule is CCCCCCC(C)(CCCCC)c1nc(Cl)c(Cl)s1. The van der Waals surface area contributed by atoms with Crippen LogP contribution in [0.25, 0.3) is 0 Å². The van der Waals surface area contributed by atoms with E-state index in [2.05, 4.69) is 25.8 Å². The van der Waals surface area contributed by atoms with Crippen LogP contribution in [0.5, 0.6) is 0 Å². The van der Waals surface area contributed by atoms with Gasteiger partial charge in [0, 0.05) is 5.41 Å². The number of unbranched alkanes of at least 4 members (excludes halogenated alkanes) is 5. The van der Waals surface area contributed by atoms with Crippen molar-refractivity contribution in [3.8, 4) is 0 Å². The molecule has 1 atom stereocenters. The molecule has 0 radical (unpaired) electrons. The third-order valence-corrected chi connectivity index (χ3v) is 6.02. The maximum absolute atomic E-state index is 6.10. The molecule has 1 nitrogen and oxygen atoms in total. The first kappa shape index (κ1) is 18.3. The van der Waals surface area contributed by atoms with Crippen LogP contribution in [-0.4, -0.2) is 4.98 Å². The lowest BCUT2D eigenvalue weighted by Crippen LogP contribution is -2.22. The predicted octanol–water partition coefficient (Wildman–Crippen LogP) is 7.26. The second kappa shape index (κ2) is 9.27. The highest BCUT2D eigenvalue weighted by atomic mass is 35.5. The first-order chi connectivity index (χ1) is 9.53. The van der Waals surface area contributed by atoms with Crippen molar-refractivity contribution in [2.45, 2.75) is 84.0 Å². The summed E-state index contributed by atoms with van der Waals surface area (Å²) in [7, 11) is 0. The topological polar surface area (TPSA) is 12.9 Å². The van der Waals surface area contributed by atoms with Crippen molar-refractivity contribution in [3.63, 3.8) is 0 Å². The van der Waals surface area contributed by atoms with Gasteiger partial charge in [-0.3, -0.25) is 0 Å². The summed E-state index contributed by atoms with van der Waals surface area (Å²) >= 11 is 13.7. The maximum atomic E-state index is 6.10. The molecule has 20 heavy (non-hydrogen) atoms. The average molecular weight is 336 g/mol. The molecule has 4 heteroatoms. The molecule has 1 heterocycles. The number of aromatic nitrogens is 1. The molecule has 116 valence electrons. The Bertz CT molecular complexity index is 372. The number of halogens is 2. The van der Waals surface area contributed by atoms with E-state index < -0.39 is 0 Å². The van der Waals surface area contributed by atoms with Crippen LogP contribution in [0.2, 0.25) is 9.49 Å². The predicted molar refractivity (Wildman–Crippen MR) is 92.4 cm³/mol. The Morgan fingerprint density at radius 3 is 2.00 bits per heavy atom. The minimum atomic E-state index is 0.143. The summed E-state index contributed by atoms with van der Waals surface area (Å²) < 4.78 is 0.636. The molecule has 0 N–H and O–H groups in total. The molecule has 0 aliphatic heterocycles. The second-order valence-electron chi connectivity index (χ2n) is 5.91. The molecule has 1 unspecified atom stereocenters. The Morgan fingerprint density at radius 1 is 0.950 bits per heavy atom. The van der Waals surface area contributed by atoms with Crippen LogP contribution in [0.15, 0.2) is 0 Å². The highest BCUT2D eigenvalue weighted by Gasteiger charge is 2.30. The standard InChI is InChI=1S/C16H27Cl2NS/c1-4-6-8-10-12-16(3,11-9-7-5-2)15-19-13(17)14(18)20-15/h4-12H2,1-3H3. The fourth-order valence-electron chi connectivity index (χ4n) is 2.59. The molecule has 0 aliphatic rings. The van der Waals surface area contributed by atoms with E-state index in [0.29, 0.717) is 9.49 Å². The van der Waals surface area contributed by atoms with E-state index in [-0.39, 0.29) is 5.41 Å². The van der Waals surface area contributed by atoms with E-state index in [1.165, 1.54) is 57.8 Å². The normalized spacial score (nSPS) is 14.4. The van der Waals surface area contributed by atoms with Gasteiger partial charge >= 0.3 is 0 Å². The molecule has 0 amide bonds. The van der Waals surface area contributed by atoms with Crippen LogP contribution in [-0.2, 0) is 5.41 Å². The number of hydrogen-bond acceptors (Lipinski definition) is 2. The summed E-state index contributed by atoms with van der Waals surface area (Å²) in [6.45, 7) is 6.83. The smallest absolute Gasteiger partial charge is 0.159 e. The van der Waals surface area contributed by atoms with Crippen LogP contribution >= 0.6 is 34.5 Å². The zero-order valence-electron chi connectivity index (χ0n) is 13.0. The lowest BCUT2D eigenvalue weighted by atomic mass is 9.80. The third kappa shape index (κ3) is 5.54. The van der Waals surface area contributed by atoms with Crippen molar-refractivity contribution in [1.82, 2.24) is 4.98 Å². The second-order valence-corrected chi connectivity index (χ2v) is 7.87. The van der Waals surface area contributed by atoms with Gasteiger partial charge in [0.25, 0.3) is 0 Å². The molecule has 1 aromatic heterocycles. The van der Waals surface area contributed by atoms with Gasteiger partial charge in [-0.05, 0) is 12.8 Å². The quantitative estimate of drug-likeness (QED) is 0.410. The van der Waals surface area contributed by atoms with Crippen molar-refractivity contribution < 1.29 is 0 Å². The first-order valence-corrected chi connectivity index (χ1v) is 9.43. The molecule has 0 saturated heterocycles. The zero-order chi connectivity index (χ0) is 15.0. The molecule has 1 aromatic rings. The van der Waals surface area contributed by atoms with E-state index in [0.717, 1.165) is 5.01 Å². The van der Waals surface area contributed by atoms with E-state index in [9.17, 15) is 0 Å². The number of thiazole rings is 1. The fourth-order valence-corrected chi connectivity index (χ4v) is 3.99. The average Bonchev–Trinajstić information content (AvgIpc) is 2.76. The van der Waals surface area contributed by atoms with Gasteiger partial charge in [-0.2, -0.15) is 0 Å². The number of rotatable bonds is 10. The van der Waals surface area contributed by atoms with Gasteiger partial charge in [0.05, 0.1) is 0 Å². The molecule has 0 fully saturated rings. The van der Waals surface area contributed by atoms with Crippen molar-refractivity contribution in [3.05, 3.63) is 14.5 Å². The van der Waals surface area contributed by atoms with E-state index in [4.69, 9.17) is 23.2 Å². The first-order valence-electron chi connectivity index (χ1n) is 7.85. The lowest BCUT2D eigenvalue weighted by molar-refractivity contribution is 0.364. The molecule has 0 spiro atoms.